The molecule has 0 spiro atoms. The van der Waals surface area contributed by atoms with E-state index in [9.17, 15) is 0 Å². The van der Waals surface area contributed by atoms with E-state index in [-0.39, 0.29) is 0 Å². The zero-order chi connectivity index (χ0) is 18.2. The highest BCUT2D eigenvalue weighted by molar-refractivity contribution is 7.07. The van der Waals surface area contributed by atoms with Crippen LogP contribution in [0.1, 0.15) is 23.2 Å². The second-order valence-electron chi connectivity index (χ2n) is 6.09. The monoisotopic (exact) mass is 368 g/mol. The van der Waals surface area contributed by atoms with Crippen molar-refractivity contribution in [3.8, 4) is 0 Å². The summed E-state index contributed by atoms with van der Waals surface area (Å²) in [5, 5.41) is 2.11. The van der Waals surface area contributed by atoms with Crippen LogP contribution in [-0.4, -0.2) is 16.1 Å². The van der Waals surface area contributed by atoms with Crippen molar-refractivity contribution in [2.24, 2.45) is 10.7 Å². The van der Waals surface area contributed by atoms with E-state index in [2.05, 4.69) is 27.1 Å². The lowest BCUT2D eigenvalue weighted by molar-refractivity contribution is 0.102. The van der Waals surface area contributed by atoms with E-state index in [1.54, 1.807) is 11.3 Å². The number of nitrogens with zero attached hydrogens (tertiary/aromatic N) is 3. The van der Waals surface area contributed by atoms with Gasteiger partial charge in [0, 0.05) is 18.1 Å². The number of aryl methyl sites for hydroxylation is 1. The van der Waals surface area contributed by atoms with E-state index >= 15 is 0 Å². The fraction of sp³-hybridized carbons (Fsp3) is 0.300. The number of pyridine rings is 1. The molecule has 0 saturated heterocycles. The summed E-state index contributed by atoms with van der Waals surface area (Å²) in [4.78, 5) is 10.00. The minimum atomic E-state index is 0.548. The number of benzene rings is 1. The zero-order valence-electron chi connectivity index (χ0n) is 15.0. The Hall–Kier alpha value is -2.28. The summed E-state index contributed by atoms with van der Waals surface area (Å²) in [6, 6.07) is 14.2. The van der Waals surface area contributed by atoms with Gasteiger partial charge in [-0.3, -0.25) is 0 Å². The molecule has 0 radical (unpaired) electrons. The largest absolute Gasteiger partial charge is 0.371 e. The molecule has 2 aromatic heterocycles. The molecule has 0 aliphatic heterocycles. The van der Waals surface area contributed by atoms with E-state index in [1.165, 1.54) is 5.56 Å². The first-order valence-corrected chi connectivity index (χ1v) is 9.60. The van der Waals surface area contributed by atoms with E-state index in [4.69, 9.17) is 15.5 Å². The Morgan fingerprint density at radius 3 is 2.73 bits per heavy atom. The number of thiazole rings is 1. The topological polar surface area (TPSA) is 65.4 Å². The Morgan fingerprint density at radius 1 is 1.15 bits per heavy atom. The molecule has 2 N–H and O–H groups in total. The minimum absolute atomic E-state index is 0.548. The van der Waals surface area contributed by atoms with Crippen LogP contribution in [0.5, 0.6) is 0 Å². The van der Waals surface area contributed by atoms with Gasteiger partial charge in [-0.25, -0.2) is 9.98 Å². The van der Waals surface area contributed by atoms with Gasteiger partial charge in [0.1, 0.15) is 0 Å². The molecule has 2 heterocycles. The van der Waals surface area contributed by atoms with Gasteiger partial charge in [0.05, 0.1) is 18.9 Å². The number of rotatable bonds is 8. The van der Waals surface area contributed by atoms with Crippen molar-refractivity contribution in [3.05, 3.63) is 75.7 Å². The minimum Gasteiger partial charge on any atom is -0.371 e. The van der Waals surface area contributed by atoms with Crippen LogP contribution in [0.25, 0.3) is 0 Å². The van der Waals surface area contributed by atoms with Gasteiger partial charge in [-0.2, -0.15) is 0 Å². The molecule has 0 atom stereocenters. The molecule has 0 unspecified atom stereocenters. The fourth-order valence-corrected chi connectivity index (χ4v) is 3.45. The number of ether oxygens (including phenoxy) is 1. The molecule has 5 nitrogen and oxygen atoms in total. The Morgan fingerprint density at radius 2 is 2.00 bits per heavy atom. The summed E-state index contributed by atoms with van der Waals surface area (Å²) in [5.41, 5.74) is 9.12. The lowest BCUT2D eigenvalue weighted by atomic mass is 10.2. The van der Waals surface area contributed by atoms with E-state index in [1.807, 2.05) is 43.5 Å². The highest BCUT2D eigenvalue weighted by Crippen LogP contribution is 2.11. The predicted octanol–water partition coefficient (Wildman–Crippen LogP) is 3.55. The molecular weight excluding hydrogens is 344 g/mol. The molecule has 0 amide bonds. The van der Waals surface area contributed by atoms with Crippen molar-refractivity contribution in [3.63, 3.8) is 0 Å². The van der Waals surface area contributed by atoms with Crippen molar-refractivity contribution in [2.45, 2.75) is 33.1 Å². The molecule has 0 aliphatic rings. The maximum absolute atomic E-state index is 5.90. The third-order valence-corrected chi connectivity index (χ3v) is 4.84. The highest BCUT2D eigenvalue weighted by Gasteiger charge is 2.06. The van der Waals surface area contributed by atoms with Crippen molar-refractivity contribution in [1.29, 1.82) is 0 Å². The number of hydrogen-bond donors (Lipinski definition) is 1. The Bertz CT molecular complexity index is 869. The Labute approximate surface area is 157 Å². The number of aromatic nitrogens is 2. The van der Waals surface area contributed by atoms with Gasteiger partial charge in [-0.05, 0) is 37.1 Å². The first-order valence-electron chi connectivity index (χ1n) is 8.72. The third-order valence-electron chi connectivity index (χ3n) is 3.93. The van der Waals surface area contributed by atoms with Crippen molar-refractivity contribution < 1.29 is 4.74 Å². The first-order chi connectivity index (χ1) is 12.8. The number of hydrogen-bond acceptors (Lipinski definition) is 5. The van der Waals surface area contributed by atoms with Gasteiger partial charge >= 0.3 is 0 Å². The lowest BCUT2D eigenvalue weighted by Gasteiger charge is -2.09. The smallest absolute Gasteiger partial charge is 0.191 e. The summed E-state index contributed by atoms with van der Waals surface area (Å²) < 4.78 is 8.09. The summed E-state index contributed by atoms with van der Waals surface area (Å²) in [6.45, 7) is 4.64. The Kier molecular flexibility index (Phi) is 6.71. The second kappa shape index (κ2) is 9.43. The van der Waals surface area contributed by atoms with Crippen LogP contribution < -0.4 is 10.5 Å². The molecule has 1 aromatic carbocycles. The zero-order valence-corrected chi connectivity index (χ0v) is 15.8. The molecule has 3 rings (SSSR count). The molecule has 3 aromatic rings. The van der Waals surface area contributed by atoms with Crippen LogP contribution >= 0.6 is 11.3 Å². The van der Waals surface area contributed by atoms with E-state index in [0.717, 1.165) is 34.8 Å². The molecular formula is C20H24N4OS. The molecule has 0 fully saturated rings. The summed E-state index contributed by atoms with van der Waals surface area (Å²) >= 11 is 1.61. The standard InChI is InChI=1S/C20H24N4OS/c1-16-8-9-19(22-12-16)23-20-24(11-5-10-21)18(15-26-20)14-25-13-17-6-3-2-4-7-17/h2-4,6-9,12,15H,5,10-11,13-14,21H2,1H3. The molecule has 6 heteroatoms. The maximum atomic E-state index is 5.90. The van der Waals surface area contributed by atoms with Crippen molar-refractivity contribution >= 4 is 17.2 Å². The van der Waals surface area contributed by atoms with Crippen LogP contribution in [0.2, 0.25) is 0 Å². The van der Waals surface area contributed by atoms with Crippen molar-refractivity contribution in [1.82, 2.24) is 9.55 Å². The van der Waals surface area contributed by atoms with Crippen LogP contribution in [0.15, 0.2) is 59.0 Å². The van der Waals surface area contributed by atoms with Gasteiger partial charge in [-0.1, -0.05) is 36.4 Å². The average Bonchev–Trinajstić information content (AvgIpc) is 3.04. The quantitative estimate of drug-likeness (QED) is 0.661. The van der Waals surface area contributed by atoms with Gasteiger partial charge in [0.15, 0.2) is 10.6 Å². The normalized spacial score (nSPS) is 11.8. The molecule has 26 heavy (non-hydrogen) atoms. The SMILES string of the molecule is Cc1ccc(N=c2scc(COCc3ccccc3)n2CCCN)nc1. The summed E-state index contributed by atoms with van der Waals surface area (Å²) in [7, 11) is 0. The van der Waals surface area contributed by atoms with Gasteiger partial charge in [0.25, 0.3) is 0 Å². The molecule has 0 aliphatic carbocycles. The second-order valence-corrected chi connectivity index (χ2v) is 6.92. The van der Waals surface area contributed by atoms with Crippen LogP contribution in [0.4, 0.5) is 5.82 Å². The Balaban J connectivity index is 1.76. The van der Waals surface area contributed by atoms with Crippen LogP contribution in [-0.2, 0) is 24.5 Å². The van der Waals surface area contributed by atoms with Gasteiger partial charge in [-0.15, -0.1) is 11.3 Å². The van der Waals surface area contributed by atoms with Crippen LogP contribution in [0.3, 0.4) is 0 Å². The van der Waals surface area contributed by atoms with Gasteiger partial charge < -0.3 is 15.0 Å². The molecule has 0 bridgehead atoms. The summed E-state index contributed by atoms with van der Waals surface area (Å²) in [6.07, 6.45) is 2.73. The van der Waals surface area contributed by atoms with E-state index < -0.39 is 0 Å². The first kappa shape index (κ1) is 18.5. The summed E-state index contributed by atoms with van der Waals surface area (Å²) in [5.74, 6) is 0.718. The lowest BCUT2D eigenvalue weighted by Crippen LogP contribution is -2.20. The predicted molar refractivity (Wildman–Crippen MR) is 105 cm³/mol. The number of nitrogens with two attached hydrogens (primary N) is 1. The van der Waals surface area contributed by atoms with Gasteiger partial charge in [0.2, 0.25) is 0 Å². The molecule has 0 saturated carbocycles. The third kappa shape index (κ3) is 5.11. The van der Waals surface area contributed by atoms with E-state index in [0.29, 0.717) is 19.8 Å². The van der Waals surface area contributed by atoms with Crippen molar-refractivity contribution in [2.75, 3.05) is 6.54 Å². The highest BCUT2D eigenvalue weighted by atomic mass is 32.1. The maximum Gasteiger partial charge on any atom is 0.191 e. The molecule has 136 valence electrons. The van der Waals surface area contributed by atoms with Crippen LogP contribution in [0, 0.1) is 6.92 Å². The fourth-order valence-electron chi connectivity index (χ4n) is 2.53. The average molecular weight is 369 g/mol.